The molecule has 2 aliphatic heterocycles. The lowest BCUT2D eigenvalue weighted by molar-refractivity contribution is -0.119. The summed E-state index contributed by atoms with van der Waals surface area (Å²) in [6.45, 7) is 3.33. The van der Waals surface area contributed by atoms with Crippen LogP contribution in [0.1, 0.15) is 42.8 Å². The number of benzene rings is 1. The number of hydrogen-bond acceptors (Lipinski definition) is 8. The van der Waals surface area contributed by atoms with Crippen LogP contribution < -0.4 is 5.32 Å². The average molecular weight is 470 g/mol. The molecule has 1 unspecified atom stereocenters. The van der Waals surface area contributed by atoms with Crippen molar-refractivity contribution in [2.45, 2.75) is 43.6 Å². The molecule has 1 saturated carbocycles. The third-order valence-corrected chi connectivity index (χ3v) is 7.23. The molecular formula is C24H27N3O5S. The van der Waals surface area contributed by atoms with Gasteiger partial charge in [0.05, 0.1) is 47.5 Å². The van der Waals surface area contributed by atoms with Gasteiger partial charge in [-0.2, -0.15) is 0 Å². The molecule has 1 aromatic heterocycles. The molecule has 1 aliphatic carbocycles. The number of anilines is 2. The number of pyridine rings is 1. The lowest BCUT2D eigenvalue weighted by atomic mass is 10.1. The monoisotopic (exact) mass is 469 g/mol. The van der Waals surface area contributed by atoms with Gasteiger partial charge in [-0.25, -0.2) is 8.42 Å². The van der Waals surface area contributed by atoms with Crippen LogP contribution in [-0.2, 0) is 36.9 Å². The molecule has 33 heavy (non-hydrogen) atoms. The number of nitrogens with zero attached hydrogens (tertiary/aromatic N) is 2. The first-order valence-corrected chi connectivity index (χ1v) is 13.1. The van der Waals surface area contributed by atoms with Crippen molar-refractivity contribution < 1.29 is 22.7 Å². The highest BCUT2D eigenvalue weighted by Crippen LogP contribution is 2.39. The number of carbonyl (C=O) groups is 1. The van der Waals surface area contributed by atoms with Gasteiger partial charge in [-0.05, 0) is 43.5 Å². The number of Topliss-reactive ketones (excluding diaryl/α,β-unsaturated/α-hetero) is 1. The van der Waals surface area contributed by atoms with Gasteiger partial charge in [-0.3, -0.25) is 14.8 Å². The molecule has 0 radical (unpaired) electrons. The Morgan fingerprint density at radius 1 is 1.18 bits per heavy atom. The number of nitrogens with one attached hydrogen (secondary N) is 1. The van der Waals surface area contributed by atoms with Gasteiger partial charge in [0.25, 0.3) is 0 Å². The van der Waals surface area contributed by atoms with Gasteiger partial charge in [-0.15, -0.1) is 0 Å². The minimum Gasteiger partial charge on any atom is -0.376 e. The van der Waals surface area contributed by atoms with E-state index in [1.165, 1.54) is 6.26 Å². The van der Waals surface area contributed by atoms with Crippen LogP contribution in [0.15, 0.2) is 34.2 Å². The maximum absolute atomic E-state index is 12.7. The molecule has 5 rings (SSSR count). The number of aromatic nitrogens is 1. The van der Waals surface area contributed by atoms with Crippen molar-refractivity contribution in [2.24, 2.45) is 10.9 Å². The smallest absolute Gasteiger partial charge is 0.177 e. The molecule has 9 heteroatoms. The second-order valence-corrected chi connectivity index (χ2v) is 11.0. The van der Waals surface area contributed by atoms with Crippen LogP contribution in [0.4, 0.5) is 17.1 Å². The Bertz CT molecular complexity index is 1240. The second-order valence-electron chi connectivity index (χ2n) is 8.98. The van der Waals surface area contributed by atoms with Crippen LogP contribution in [0.3, 0.4) is 0 Å². The van der Waals surface area contributed by atoms with E-state index in [4.69, 9.17) is 9.47 Å². The van der Waals surface area contributed by atoms with Crippen LogP contribution in [0, 0.1) is 5.92 Å². The predicted molar refractivity (Wildman–Crippen MR) is 124 cm³/mol. The van der Waals surface area contributed by atoms with Gasteiger partial charge in [-0.1, -0.05) is 6.07 Å². The number of sulfone groups is 1. The summed E-state index contributed by atoms with van der Waals surface area (Å²) in [6, 6.07) is 7.06. The third-order valence-electron chi connectivity index (χ3n) is 6.09. The van der Waals surface area contributed by atoms with E-state index in [0.29, 0.717) is 49.0 Å². The van der Waals surface area contributed by atoms with E-state index in [0.717, 1.165) is 29.8 Å². The topological polar surface area (TPSA) is 107 Å². The molecular weight excluding hydrogens is 442 g/mol. The molecule has 1 aromatic carbocycles. The quantitative estimate of drug-likeness (QED) is 0.661. The first-order chi connectivity index (χ1) is 15.8. The number of carbonyl (C=O) groups excluding carboxylic acids is 1. The second kappa shape index (κ2) is 8.62. The normalized spacial score (nSPS) is 20.3. The Morgan fingerprint density at radius 3 is 2.70 bits per heavy atom. The van der Waals surface area contributed by atoms with Crippen molar-refractivity contribution >= 4 is 38.4 Å². The van der Waals surface area contributed by atoms with Crippen molar-refractivity contribution in [3.05, 3.63) is 41.2 Å². The molecule has 0 amide bonds. The van der Waals surface area contributed by atoms with Gasteiger partial charge in [0.1, 0.15) is 17.6 Å². The molecule has 2 fully saturated rings. The Kier molecular flexibility index (Phi) is 5.80. The summed E-state index contributed by atoms with van der Waals surface area (Å²) in [5.74, 6) is 0.365. The van der Waals surface area contributed by atoms with Gasteiger partial charge >= 0.3 is 0 Å². The van der Waals surface area contributed by atoms with E-state index in [1.807, 2.05) is 19.1 Å². The molecule has 8 nitrogen and oxygen atoms in total. The zero-order valence-corrected chi connectivity index (χ0v) is 19.6. The fourth-order valence-electron chi connectivity index (χ4n) is 4.26. The minimum absolute atomic E-state index is 0.157. The van der Waals surface area contributed by atoms with Crippen molar-refractivity contribution in [3.63, 3.8) is 0 Å². The highest BCUT2D eigenvalue weighted by Gasteiger charge is 2.30. The standard InChI is InChI=1S/C24H27N3O5S/c1-14-9-19-24(25-14)20(11-17(26-19)12-21(28)15-3-4-15)27-18-6-5-16(10-23(18)33(2,29)30)22-13-31-7-8-32-22/h5-6,10-11,15,22H,3-4,7-9,12-13H2,1-2H3,(H,26,27). The zero-order chi connectivity index (χ0) is 23.2. The Morgan fingerprint density at radius 2 is 2.00 bits per heavy atom. The summed E-state index contributed by atoms with van der Waals surface area (Å²) in [5, 5.41) is 3.28. The highest BCUT2D eigenvalue weighted by atomic mass is 32.2. The maximum Gasteiger partial charge on any atom is 0.177 e. The Labute approximate surface area is 193 Å². The summed E-state index contributed by atoms with van der Waals surface area (Å²) in [6.07, 6.45) is 3.70. The van der Waals surface area contributed by atoms with Crippen molar-refractivity contribution in [2.75, 3.05) is 31.4 Å². The lowest BCUT2D eigenvalue weighted by Gasteiger charge is -2.24. The maximum atomic E-state index is 12.7. The van der Waals surface area contributed by atoms with Crippen LogP contribution in [-0.4, -0.2) is 51.0 Å². The molecule has 3 aliphatic rings. The Hall–Kier alpha value is -2.62. The molecule has 174 valence electrons. The summed E-state index contributed by atoms with van der Waals surface area (Å²) in [7, 11) is -3.54. The van der Waals surface area contributed by atoms with Gasteiger partial charge in [0.2, 0.25) is 0 Å². The van der Waals surface area contributed by atoms with Crippen molar-refractivity contribution in [1.82, 2.24) is 4.98 Å². The summed E-state index contributed by atoms with van der Waals surface area (Å²) in [4.78, 5) is 21.9. The van der Waals surface area contributed by atoms with Crippen LogP contribution >= 0.6 is 0 Å². The van der Waals surface area contributed by atoms with Gasteiger partial charge in [0, 0.05) is 30.7 Å². The zero-order valence-electron chi connectivity index (χ0n) is 18.8. The summed E-state index contributed by atoms with van der Waals surface area (Å²) >= 11 is 0. The lowest BCUT2D eigenvalue weighted by Crippen LogP contribution is -2.22. The fourth-order valence-corrected chi connectivity index (χ4v) is 5.13. The van der Waals surface area contributed by atoms with E-state index in [9.17, 15) is 13.2 Å². The first kappa shape index (κ1) is 22.2. The van der Waals surface area contributed by atoms with Crippen LogP contribution in [0.5, 0.6) is 0 Å². The summed E-state index contributed by atoms with van der Waals surface area (Å²) < 4.78 is 36.5. The number of fused-ring (bicyclic) bond motifs is 1. The van der Waals surface area contributed by atoms with E-state index in [-0.39, 0.29) is 29.1 Å². The summed E-state index contributed by atoms with van der Waals surface area (Å²) in [5.41, 5.74) is 4.98. The van der Waals surface area contributed by atoms with Crippen LogP contribution in [0.2, 0.25) is 0 Å². The number of hydrogen-bond donors (Lipinski definition) is 1. The molecule has 1 atom stereocenters. The average Bonchev–Trinajstić information content (AvgIpc) is 3.56. The van der Waals surface area contributed by atoms with E-state index >= 15 is 0 Å². The molecule has 0 spiro atoms. The molecule has 3 heterocycles. The third kappa shape index (κ3) is 4.85. The Balaban J connectivity index is 1.51. The molecule has 1 saturated heterocycles. The molecule has 0 bridgehead atoms. The first-order valence-electron chi connectivity index (χ1n) is 11.2. The fraction of sp³-hybridized carbons (Fsp3) is 0.458. The van der Waals surface area contributed by atoms with E-state index < -0.39 is 9.84 Å². The largest absolute Gasteiger partial charge is 0.376 e. The van der Waals surface area contributed by atoms with Gasteiger partial charge < -0.3 is 14.8 Å². The van der Waals surface area contributed by atoms with Gasteiger partial charge in [0.15, 0.2) is 9.84 Å². The van der Waals surface area contributed by atoms with Crippen molar-refractivity contribution in [3.8, 4) is 0 Å². The number of ether oxygens (including phenoxy) is 2. The SMILES string of the molecule is CC1=Nc2c(Nc3ccc(C4COCCO4)cc3S(C)(=O)=O)cc(CC(=O)C3CC3)nc2C1. The number of ketones is 1. The predicted octanol–water partition coefficient (Wildman–Crippen LogP) is 3.49. The molecule has 2 aromatic rings. The molecule has 1 N–H and O–H groups in total. The highest BCUT2D eigenvalue weighted by molar-refractivity contribution is 7.90. The minimum atomic E-state index is -3.54. The number of rotatable bonds is 7. The van der Waals surface area contributed by atoms with Crippen molar-refractivity contribution in [1.29, 1.82) is 0 Å². The van der Waals surface area contributed by atoms with E-state index in [2.05, 4.69) is 15.3 Å². The van der Waals surface area contributed by atoms with Crippen LogP contribution in [0.25, 0.3) is 0 Å². The number of aliphatic imine (C=N–C) groups is 1. The van der Waals surface area contributed by atoms with E-state index in [1.54, 1.807) is 12.1 Å².